The molecule has 23 heavy (non-hydrogen) atoms. The van der Waals surface area contributed by atoms with Crippen molar-refractivity contribution in [1.82, 2.24) is 20.1 Å². The molecule has 0 aliphatic carbocycles. The van der Waals surface area contributed by atoms with E-state index in [1.807, 2.05) is 43.0 Å². The average molecular weight is 355 g/mol. The van der Waals surface area contributed by atoms with Crippen molar-refractivity contribution >= 4 is 29.0 Å². The first-order chi connectivity index (χ1) is 11.1. The maximum absolute atomic E-state index is 12.1. The zero-order valence-corrected chi connectivity index (χ0v) is 15.2. The second-order valence-electron chi connectivity index (χ2n) is 4.94. The average Bonchev–Trinajstić information content (AvgIpc) is 3.17. The Labute approximate surface area is 144 Å². The molecular formula is C15H22N4O2S2. The standard InChI is InChI=1S/C15H22N4O2S2/c1-4-21-9-6-8-16-14(20)11(2)23-15-18-17-13(19(15)3)12-7-5-10-22-12/h5,7,10-11H,4,6,8-9H2,1-3H3,(H,16,20). The number of nitrogens with one attached hydrogen (secondary N) is 1. The SMILES string of the molecule is CCOCCCNC(=O)C(C)Sc1nnc(-c2cccs2)n1C. The number of rotatable bonds is 9. The predicted octanol–water partition coefficient (Wildman–Crippen LogP) is 2.57. The van der Waals surface area contributed by atoms with E-state index in [0.717, 1.165) is 22.3 Å². The summed E-state index contributed by atoms with van der Waals surface area (Å²) in [6.45, 7) is 5.85. The van der Waals surface area contributed by atoms with Crippen LogP contribution in [0.3, 0.4) is 0 Å². The summed E-state index contributed by atoms with van der Waals surface area (Å²) in [6.07, 6.45) is 0.823. The molecule has 0 fully saturated rings. The maximum Gasteiger partial charge on any atom is 0.233 e. The Morgan fingerprint density at radius 1 is 1.52 bits per heavy atom. The summed E-state index contributed by atoms with van der Waals surface area (Å²) in [5.41, 5.74) is 0. The largest absolute Gasteiger partial charge is 0.382 e. The van der Waals surface area contributed by atoms with Gasteiger partial charge in [0, 0.05) is 26.8 Å². The third-order valence-electron chi connectivity index (χ3n) is 3.20. The number of aromatic nitrogens is 3. The Bertz CT molecular complexity index is 613. The van der Waals surface area contributed by atoms with Gasteiger partial charge in [0.25, 0.3) is 0 Å². The van der Waals surface area contributed by atoms with Crippen molar-refractivity contribution in [3.63, 3.8) is 0 Å². The molecule has 0 bridgehead atoms. The summed E-state index contributed by atoms with van der Waals surface area (Å²) in [7, 11) is 1.92. The van der Waals surface area contributed by atoms with E-state index in [-0.39, 0.29) is 11.2 Å². The van der Waals surface area contributed by atoms with Gasteiger partial charge in [0.2, 0.25) is 5.91 Å². The Balaban J connectivity index is 1.85. The van der Waals surface area contributed by atoms with Crippen molar-refractivity contribution in [2.75, 3.05) is 19.8 Å². The molecule has 0 aliphatic heterocycles. The molecule has 2 aromatic rings. The highest BCUT2D eigenvalue weighted by Crippen LogP contribution is 2.27. The lowest BCUT2D eigenvalue weighted by atomic mass is 10.4. The molecule has 0 aromatic carbocycles. The van der Waals surface area contributed by atoms with Crippen LogP contribution >= 0.6 is 23.1 Å². The maximum atomic E-state index is 12.1. The topological polar surface area (TPSA) is 69.0 Å². The van der Waals surface area contributed by atoms with Gasteiger partial charge in [-0.3, -0.25) is 4.79 Å². The number of carbonyl (C=O) groups is 1. The number of hydrogen-bond donors (Lipinski definition) is 1. The van der Waals surface area contributed by atoms with Gasteiger partial charge < -0.3 is 14.6 Å². The summed E-state index contributed by atoms with van der Waals surface area (Å²) >= 11 is 3.04. The van der Waals surface area contributed by atoms with Gasteiger partial charge in [-0.15, -0.1) is 21.5 Å². The van der Waals surface area contributed by atoms with Gasteiger partial charge in [-0.2, -0.15) is 0 Å². The molecule has 1 amide bonds. The number of nitrogens with zero attached hydrogens (tertiary/aromatic N) is 3. The van der Waals surface area contributed by atoms with E-state index >= 15 is 0 Å². The first-order valence-electron chi connectivity index (χ1n) is 7.58. The zero-order valence-electron chi connectivity index (χ0n) is 13.6. The normalized spacial score (nSPS) is 12.3. The monoisotopic (exact) mass is 354 g/mol. The lowest BCUT2D eigenvalue weighted by Gasteiger charge is -2.11. The van der Waals surface area contributed by atoms with Crippen LogP contribution in [0.2, 0.25) is 0 Å². The van der Waals surface area contributed by atoms with Crippen LogP contribution in [-0.2, 0) is 16.6 Å². The van der Waals surface area contributed by atoms with E-state index in [0.29, 0.717) is 19.8 Å². The van der Waals surface area contributed by atoms with Crippen LogP contribution in [0.4, 0.5) is 0 Å². The third-order valence-corrected chi connectivity index (χ3v) is 5.20. The van der Waals surface area contributed by atoms with Crippen molar-refractivity contribution in [2.24, 2.45) is 7.05 Å². The Kier molecular flexibility index (Phi) is 7.07. The van der Waals surface area contributed by atoms with Crippen LogP contribution in [-0.4, -0.2) is 45.7 Å². The van der Waals surface area contributed by atoms with E-state index in [2.05, 4.69) is 15.5 Å². The lowest BCUT2D eigenvalue weighted by molar-refractivity contribution is -0.120. The second-order valence-corrected chi connectivity index (χ2v) is 7.20. The molecule has 0 spiro atoms. The molecule has 1 N–H and O–H groups in total. The van der Waals surface area contributed by atoms with Gasteiger partial charge >= 0.3 is 0 Å². The van der Waals surface area contributed by atoms with Gasteiger partial charge in [-0.25, -0.2) is 0 Å². The molecular weight excluding hydrogens is 332 g/mol. The fourth-order valence-electron chi connectivity index (χ4n) is 1.92. The van der Waals surface area contributed by atoms with Crippen LogP contribution in [0.5, 0.6) is 0 Å². The van der Waals surface area contributed by atoms with E-state index in [9.17, 15) is 4.79 Å². The van der Waals surface area contributed by atoms with Gasteiger partial charge in [0.1, 0.15) is 0 Å². The second kappa shape index (κ2) is 9.05. The highest BCUT2D eigenvalue weighted by atomic mass is 32.2. The highest BCUT2D eigenvalue weighted by molar-refractivity contribution is 8.00. The summed E-state index contributed by atoms with van der Waals surface area (Å²) in [5, 5.41) is 13.9. The van der Waals surface area contributed by atoms with Crippen molar-refractivity contribution in [3.05, 3.63) is 17.5 Å². The van der Waals surface area contributed by atoms with Crippen LogP contribution in [0, 0.1) is 0 Å². The van der Waals surface area contributed by atoms with Gasteiger partial charge in [0.15, 0.2) is 11.0 Å². The first-order valence-corrected chi connectivity index (χ1v) is 9.34. The minimum Gasteiger partial charge on any atom is -0.382 e. The Morgan fingerprint density at radius 3 is 3.04 bits per heavy atom. The van der Waals surface area contributed by atoms with Crippen molar-refractivity contribution < 1.29 is 9.53 Å². The van der Waals surface area contributed by atoms with Crippen LogP contribution in [0.15, 0.2) is 22.7 Å². The highest BCUT2D eigenvalue weighted by Gasteiger charge is 2.19. The van der Waals surface area contributed by atoms with E-state index in [4.69, 9.17) is 4.74 Å². The molecule has 126 valence electrons. The fourth-order valence-corrected chi connectivity index (χ4v) is 3.51. The van der Waals surface area contributed by atoms with E-state index < -0.39 is 0 Å². The first kappa shape index (κ1) is 18.0. The number of hydrogen-bond acceptors (Lipinski definition) is 6. The number of amides is 1. The molecule has 6 nitrogen and oxygen atoms in total. The molecule has 0 saturated heterocycles. The number of thiophene rings is 1. The summed E-state index contributed by atoms with van der Waals surface area (Å²) in [4.78, 5) is 13.2. The number of ether oxygens (including phenoxy) is 1. The molecule has 0 radical (unpaired) electrons. The minimum atomic E-state index is -0.221. The molecule has 1 atom stereocenters. The van der Waals surface area contributed by atoms with Gasteiger partial charge in [0.05, 0.1) is 10.1 Å². The molecule has 0 saturated carbocycles. The van der Waals surface area contributed by atoms with Crippen LogP contribution in [0.1, 0.15) is 20.3 Å². The van der Waals surface area contributed by atoms with Gasteiger partial charge in [-0.1, -0.05) is 17.8 Å². The number of carbonyl (C=O) groups excluding carboxylic acids is 1. The van der Waals surface area contributed by atoms with Crippen molar-refractivity contribution in [3.8, 4) is 10.7 Å². The Hall–Kier alpha value is -1.38. The van der Waals surface area contributed by atoms with Crippen molar-refractivity contribution in [2.45, 2.75) is 30.7 Å². The summed E-state index contributed by atoms with van der Waals surface area (Å²) in [5.74, 6) is 0.832. The number of thioether (sulfide) groups is 1. The molecule has 2 aromatic heterocycles. The van der Waals surface area contributed by atoms with E-state index in [1.165, 1.54) is 11.8 Å². The molecule has 1 unspecified atom stereocenters. The lowest BCUT2D eigenvalue weighted by Crippen LogP contribution is -2.32. The van der Waals surface area contributed by atoms with Crippen molar-refractivity contribution in [1.29, 1.82) is 0 Å². The quantitative estimate of drug-likeness (QED) is 0.554. The smallest absolute Gasteiger partial charge is 0.233 e. The zero-order chi connectivity index (χ0) is 16.7. The third kappa shape index (κ3) is 5.05. The predicted molar refractivity (Wildman–Crippen MR) is 93.8 cm³/mol. The van der Waals surface area contributed by atoms with E-state index in [1.54, 1.807) is 11.3 Å². The molecule has 8 heteroatoms. The van der Waals surface area contributed by atoms with Crippen LogP contribution in [0.25, 0.3) is 10.7 Å². The Morgan fingerprint density at radius 2 is 2.35 bits per heavy atom. The molecule has 0 aliphatic rings. The molecule has 2 heterocycles. The summed E-state index contributed by atoms with van der Waals surface area (Å²) < 4.78 is 7.17. The fraction of sp³-hybridized carbons (Fsp3) is 0.533. The van der Waals surface area contributed by atoms with Gasteiger partial charge in [-0.05, 0) is 31.7 Å². The summed E-state index contributed by atoms with van der Waals surface area (Å²) in [6, 6.07) is 4.00. The minimum absolute atomic E-state index is 0.00664. The molecule has 2 rings (SSSR count). The van der Waals surface area contributed by atoms with Crippen LogP contribution < -0.4 is 5.32 Å².